The van der Waals surface area contributed by atoms with Gasteiger partial charge in [-0.3, -0.25) is 4.79 Å². The van der Waals surface area contributed by atoms with Crippen LogP contribution in [0.2, 0.25) is 0 Å². The van der Waals surface area contributed by atoms with Crippen LogP contribution in [0.1, 0.15) is 30.1 Å². The largest absolute Gasteiger partial charge is 0.385 e. The van der Waals surface area contributed by atoms with Crippen LogP contribution in [0.5, 0.6) is 0 Å². The van der Waals surface area contributed by atoms with E-state index >= 15 is 0 Å². The van der Waals surface area contributed by atoms with Gasteiger partial charge in [-0.2, -0.15) is 5.26 Å². The lowest BCUT2D eigenvalue weighted by Crippen LogP contribution is -2.33. The molecule has 2 rings (SSSR count). The zero-order chi connectivity index (χ0) is 13.3. The Balaban J connectivity index is 2.28. The molecule has 1 amide bonds. The lowest BCUT2D eigenvalue weighted by molar-refractivity contribution is -0.131. The van der Waals surface area contributed by atoms with Gasteiger partial charge in [-0.25, -0.2) is 0 Å². The van der Waals surface area contributed by atoms with Gasteiger partial charge in [0.05, 0.1) is 11.5 Å². The smallest absolute Gasteiger partial charge is 0.249 e. The van der Waals surface area contributed by atoms with E-state index in [4.69, 9.17) is 11.0 Å². The van der Waals surface area contributed by atoms with Crippen molar-refractivity contribution in [2.75, 3.05) is 0 Å². The van der Waals surface area contributed by atoms with Crippen molar-refractivity contribution in [1.29, 1.82) is 5.26 Å². The van der Waals surface area contributed by atoms with Crippen molar-refractivity contribution in [2.24, 2.45) is 5.73 Å². The molecule has 0 radical (unpaired) electrons. The van der Waals surface area contributed by atoms with Crippen molar-refractivity contribution >= 4 is 5.91 Å². The monoisotopic (exact) mass is 246 g/mol. The fourth-order valence-electron chi connectivity index (χ4n) is 1.95. The Morgan fingerprint density at radius 1 is 1.44 bits per heavy atom. The number of aliphatic hydroxyl groups is 2. The van der Waals surface area contributed by atoms with E-state index in [9.17, 15) is 15.0 Å². The summed E-state index contributed by atoms with van der Waals surface area (Å²) in [7, 11) is 0. The molecule has 1 aliphatic rings. The normalized spacial score (nSPS) is 19.6. The number of nitriles is 1. The third-order valence-corrected chi connectivity index (χ3v) is 3.34. The molecular weight excluding hydrogens is 232 g/mol. The minimum absolute atomic E-state index is 0.389. The number of carbonyl (C=O) groups excluding carboxylic acids is 1. The summed E-state index contributed by atoms with van der Waals surface area (Å²) in [5.74, 6) is -0.977. The van der Waals surface area contributed by atoms with Crippen molar-refractivity contribution in [2.45, 2.75) is 30.5 Å². The Morgan fingerprint density at radius 3 is 2.61 bits per heavy atom. The molecule has 0 heterocycles. The molecule has 0 bridgehead atoms. The molecule has 4 N–H and O–H groups in total. The highest BCUT2D eigenvalue weighted by atomic mass is 16.3. The van der Waals surface area contributed by atoms with Gasteiger partial charge in [-0.1, -0.05) is 24.3 Å². The molecule has 0 saturated heterocycles. The van der Waals surface area contributed by atoms with Gasteiger partial charge in [0.15, 0.2) is 6.10 Å². The quantitative estimate of drug-likeness (QED) is 0.701. The zero-order valence-electron chi connectivity index (χ0n) is 9.71. The van der Waals surface area contributed by atoms with Gasteiger partial charge < -0.3 is 15.9 Å². The van der Waals surface area contributed by atoms with Crippen LogP contribution < -0.4 is 5.73 Å². The summed E-state index contributed by atoms with van der Waals surface area (Å²) in [6.45, 7) is 0. The number of nitrogens with two attached hydrogens (primary N) is 1. The second-order valence-electron chi connectivity index (χ2n) is 4.61. The minimum Gasteiger partial charge on any atom is -0.385 e. The highest BCUT2D eigenvalue weighted by Crippen LogP contribution is 2.47. The highest BCUT2D eigenvalue weighted by molar-refractivity contribution is 5.79. The maximum absolute atomic E-state index is 10.8. The molecule has 1 saturated carbocycles. The SMILES string of the molecule is N#CC1(c2cccc(C(O)C(O)C(N)=O)c2)CC1. The molecule has 5 nitrogen and oxygen atoms in total. The van der Waals surface area contributed by atoms with Gasteiger partial charge in [0.25, 0.3) is 0 Å². The van der Waals surface area contributed by atoms with E-state index in [1.807, 2.05) is 6.07 Å². The molecule has 0 aliphatic heterocycles. The number of aliphatic hydroxyl groups excluding tert-OH is 2. The third-order valence-electron chi connectivity index (χ3n) is 3.34. The zero-order valence-corrected chi connectivity index (χ0v) is 9.71. The van der Waals surface area contributed by atoms with E-state index in [1.165, 1.54) is 0 Å². The average Bonchev–Trinajstić information content (AvgIpc) is 3.18. The summed E-state index contributed by atoms with van der Waals surface area (Å²) in [4.78, 5) is 10.8. The standard InChI is InChI=1S/C13H14N2O3/c14-7-13(4-5-13)9-3-1-2-8(6-9)10(16)11(17)12(15)18/h1-3,6,10-11,16-17H,4-5H2,(H2,15,18). The molecule has 0 spiro atoms. The van der Waals surface area contributed by atoms with Crippen LogP contribution in [0.3, 0.4) is 0 Å². The molecule has 1 aromatic rings. The van der Waals surface area contributed by atoms with Gasteiger partial charge >= 0.3 is 0 Å². The topological polar surface area (TPSA) is 107 Å². The van der Waals surface area contributed by atoms with Crippen LogP contribution in [0, 0.1) is 11.3 Å². The van der Waals surface area contributed by atoms with Crippen LogP contribution in [0.15, 0.2) is 24.3 Å². The summed E-state index contributed by atoms with van der Waals surface area (Å²) >= 11 is 0. The minimum atomic E-state index is -1.64. The first-order valence-electron chi connectivity index (χ1n) is 5.67. The van der Waals surface area contributed by atoms with Crippen LogP contribution in [-0.4, -0.2) is 22.2 Å². The Kier molecular flexibility index (Phi) is 3.07. The van der Waals surface area contributed by atoms with Gasteiger partial charge in [0.1, 0.15) is 6.10 Å². The number of hydrogen-bond donors (Lipinski definition) is 3. The highest BCUT2D eigenvalue weighted by Gasteiger charge is 2.45. The average molecular weight is 246 g/mol. The van der Waals surface area contributed by atoms with Gasteiger partial charge in [-0.05, 0) is 24.0 Å². The van der Waals surface area contributed by atoms with E-state index in [-0.39, 0.29) is 0 Å². The maximum Gasteiger partial charge on any atom is 0.249 e. The van der Waals surface area contributed by atoms with E-state index in [0.29, 0.717) is 5.56 Å². The number of carbonyl (C=O) groups is 1. The second kappa shape index (κ2) is 4.41. The van der Waals surface area contributed by atoms with Crippen LogP contribution in [-0.2, 0) is 10.2 Å². The van der Waals surface area contributed by atoms with Crippen LogP contribution in [0.4, 0.5) is 0 Å². The van der Waals surface area contributed by atoms with Gasteiger partial charge in [0.2, 0.25) is 5.91 Å². The Hall–Kier alpha value is -1.90. The fourth-order valence-corrected chi connectivity index (χ4v) is 1.95. The summed E-state index contributed by atoms with van der Waals surface area (Å²) in [6, 6.07) is 8.99. The first-order chi connectivity index (χ1) is 8.50. The van der Waals surface area contributed by atoms with E-state index < -0.39 is 23.5 Å². The van der Waals surface area contributed by atoms with Crippen molar-refractivity contribution < 1.29 is 15.0 Å². The molecule has 0 aromatic heterocycles. The van der Waals surface area contributed by atoms with Gasteiger partial charge in [-0.15, -0.1) is 0 Å². The fraction of sp³-hybridized carbons (Fsp3) is 0.385. The van der Waals surface area contributed by atoms with Crippen molar-refractivity contribution in [1.82, 2.24) is 0 Å². The summed E-state index contributed by atoms with van der Waals surface area (Å²) in [6.07, 6.45) is -1.42. The Labute approximate surface area is 104 Å². The Morgan fingerprint density at radius 2 is 2.11 bits per heavy atom. The van der Waals surface area contributed by atoms with Gasteiger partial charge in [0, 0.05) is 0 Å². The summed E-state index contributed by atoms with van der Waals surface area (Å²) < 4.78 is 0. The lowest BCUT2D eigenvalue weighted by atomic mass is 9.93. The van der Waals surface area contributed by atoms with E-state index in [0.717, 1.165) is 18.4 Å². The third kappa shape index (κ3) is 2.08. The molecule has 1 aliphatic carbocycles. The molecule has 1 fully saturated rings. The predicted molar refractivity (Wildman–Crippen MR) is 63.1 cm³/mol. The predicted octanol–water partition coefficient (Wildman–Crippen LogP) is 0.121. The first-order valence-corrected chi connectivity index (χ1v) is 5.67. The number of primary amides is 1. The second-order valence-corrected chi connectivity index (χ2v) is 4.61. The molecule has 94 valence electrons. The Bertz CT molecular complexity index is 517. The number of benzene rings is 1. The van der Waals surface area contributed by atoms with Crippen molar-refractivity contribution in [3.05, 3.63) is 35.4 Å². The maximum atomic E-state index is 10.8. The number of amides is 1. The lowest BCUT2D eigenvalue weighted by Gasteiger charge is -2.17. The molecule has 2 atom stereocenters. The number of rotatable bonds is 4. The molecule has 2 unspecified atom stereocenters. The van der Waals surface area contributed by atoms with Crippen LogP contribution in [0.25, 0.3) is 0 Å². The molecule has 18 heavy (non-hydrogen) atoms. The first kappa shape index (κ1) is 12.6. The number of nitrogens with zero attached hydrogens (tertiary/aromatic N) is 1. The van der Waals surface area contributed by atoms with Crippen molar-refractivity contribution in [3.63, 3.8) is 0 Å². The van der Waals surface area contributed by atoms with E-state index in [2.05, 4.69) is 6.07 Å². The number of hydrogen-bond acceptors (Lipinski definition) is 4. The molecular formula is C13H14N2O3. The molecule has 5 heteroatoms. The summed E-state index contributed by atoms with van der Waals surface area (Å²) in [5.41, 5.74) is 5.66. The van der Waals surface area contributed by atoms with Crippen LogP contribution >= 0.6 is 0 Å². The molecule has 1 aromatic carbocycles. The summed E-state index contributed by atoms with van der Waals surface area (Å²) in [5, 5.41) is 28.3. The van der Waals surface area contributed by atoms with E-state index in [1.54, 1.807) is 18.2 Å². The van der Waals surface area contributed by atoms with Crippen molar-refractivity contribution in [3.8, 4) is 6.07 Å².